The summed E-state index contributed by atoms with van der Waals surface area (Å²) in [5, 5.41) is 17.1. The van der Waals surface area contributed by atoms with Crippen molar-refractivity contribution in [3.63, 3.8) is 0 Å². The van der Waals surface area contributed by atoms with Crippen LogP contribution in [0.15, 0.2) is 30.5 Å². The molecule has 2 aromatic rings. The number of benzene rings is 1. The van der Waals surface area contributed by atoms with Gasteiger partial charge in [-0.3, -0.25) is 19.6 Å². The summed E-state index contributed by atoms with van der Waals surface area (Å²) in [6.45, 7) is 0.193. The van der Waals surface area contributed by atoms with Gasteiger partial charge in [0.1, 0.15) is 0 Å². The van der Waals surface area contributed by atoms with E-state index in [1.807, 2.05) is 0 Å². The van der Waals surface area contributed by atoms with Gasteiger partial charge in [-0.05, 0) is 18.2 Å². The van der Waals surface area contributed by atoms with Crippen molar-refractivity contribution in [1.82, 2.24) is 15.1 Å². The first kappa shape index (κ1) is 13.7. The maximum Gasteiger partial charge on any atom is 0.304 e. The molecule has 1 amide bonds. The zero-order chi connectivity index (χ0) is 14.7. The first-order chi connectivity index (χ1) is 9.47. The second-order valence-corrected chi connectivity index (χ2v) is 4.09. The molecule has 0 aliphatic heterocycles. The van der Waals surface area contributed by atoms with Crippen molar-refractivity contribution in [2.24, 2.45) is 7.05 Å². The van der Waals surface area contributed by atoms with Gasteiger partial charge in [-0.15, -0.1) is 0 Å². The van der Waals surface area contributed by atoms with Crippen LogP contribution in [0.5, 0.6) is 0 Å². The standard InChI is InChI=1S/C12H11FN4O3/c1-16-5-4-9(15-16)7-14-12(18)8-2-3-11(17(19)20)10(13)6-8/h2-6H,7H2,1H3,(H,14,18). The molecule has 20 heavy (non-hydrogen) atoms. The smallest absolute Gasteiger partial charge is 0.304 e. The van der Waals surface area contributed by atoms with Crippen LogP contribution < -0.4 is 5.32 Å². The second-order valence-electron chi connectivity index (χ2n) is 4.09. The molecule has 0 saturated carbocycles. The van der Waals surface area contributed by atoms with Gasteiger partial charge in [-0.2, -0.15) is 9.49 Å². The van der Waals surface area contributed by atoms with Crippen molar-refractivity contribution < 1.29 is 14.1 Å². The molecule has 1 aromatic heterocycles. The minimum atomic E-state index is -1.04. The average Bonchev–Trinajstić information content (AvgIpc) is 2.81. The van der Waals surface area contributed by atoms with Gasteiger partial charge >= 0.3 is 5.69 Å². The molecule has 0 aliphatic rings. The van der Waals surface area contributed by atoms with Crippen LogP contribution in [0.4, 0.5) is 10.1 Å². The summed E-state index contributed by atoms with van der Waals surface area (Å²) in [6.07, 6.45) is 1.73. The molecular weight excluding hydrogens is 267 g/mol. The predicted octanol–water partition coefficient (Wildman–Crippen LogP) is 1.40. The van der Waals surface area contributed by atoms with Crippen molar-refractivity contribution in [1.29, 1.82) is 0 Å². The highest BCUT2D eigenvalue weighted by Gasteiger charge is 2.16. The molecule has 2 rings (SSSR count). The number of carbonyl (C=O) groups is 1. The van der Waals surface area contributed by atoms with Crippen molar-refractivity contribution >= 4 is 11.6 Å². The molecule has 0 spiro atoms. The highest BCUT2D eigenvalue weighted by Crippen LogP contribution is 2.17. The maximum atomic E-state index is 13.4. The minimum absolute atomic E-state index is 0.0176. The van der Waals surface area contributed by atoms with E-state index in [2.05, 4.69) is 10.4 Å². The number of nitro groups is 1. The van der Waals surface area contributed by atoms with Gasteiger partial charge in [-0.1, -0.05) is 0 Å². The lowest BCUT2D eigenvalue weighted by Crippen LogP contribution is -2.23. The van der Waals surface area contributed by atoms with E-state index in [1.54, 1.807) is 24.0 Å². The summed E-state index contributed by atoms with van der Waals surface area (Å²) < 4.78 is 15.0. The zero-order valence-electron chi connectivity index (χ0n) is 10.5. The zero-order valence-corrected chi connectivity index (χ0v) is 10.5. The number of hydrogen-bond donors (Lipinski definition) is 1. The third-order valence-electron chi connectivity index (χ3n) is 2.61. The van der Waals surface area contributed by atoms with Gasteiger partial charge < -0.3 is 5.32 Å². The molecule has 1 N–H and O–H groups in total. The number of amides is 1. The number of aromatic nitrogens is 2. The van der Waals surface area contributed by atoms with Gasteiger partial charge in [-0.25, -0.2) is 0 Å². The van der Waals surface area contributed by atoms with E-state index in [0.717, 1.165) is 12.1 Å². The number of nitrogens with zero attached hydrogens (tertiary/aromatic N) is 3. The van der Waals surface area contributed by atoms with Crippen LogP contribution >= 0.6 is 0 Å². The van der Waals surface area contributed by atoms with Crippen LogP contribution in [0.3, 0.4) is 0 Å². The topological polar surface area (TPSA) is 90.1 Å². The molecule has 8 heteroatoms. The molecule has 0 fully saturated rings. The number of hydrogen-bond acceptors (Lipinski definition) is 4. The molecule has 1 heterocycles. The Morgan fingerprint density at radius 1 is 1.50 bits per heavy atom. The number of halogens is 1. The maximum absolute atomic E-state index is 13.4. The van der Waals surface area contributed by atoms with Crippen LogP contribution in [0.1, 0.15) is 16.1 Å². The lowest BCUT2D eigenvalue weighted by molar-refractivity contribution is -0.387. The summed E-state index contributed by atoms with van der Waals surface area (Å²) in [5.41, 5.74) is 0.0125. The number of rotatable bonds is 4. The molecule has 7 nitrogen and oxygen atoms in total. The van der Waals surface area contributed by atoms with Gasteiger partial charge in [0, 0.05) is 24.9 Å². The summed E-state index contributed by atoms with van der Waals surface area (Å²) in [5.74, 6) is -1.56. The first-order valence-electron chi connectivity index (χ1n) is 5.68. The minimum Gasteiger partial charge on any atom is -0.346 e. The SMILES string of the molecule is Cn1ccc(CNC(=O)c2ccc([N+](=O)[O-])c(F)c2)n1. The van der Waals surface area contributed by atoms with E-state index in [1.165, 1.54) is 6.07 Å². The molecule has 1 aromatic carbocycles. The molecule has 0 bridgehead atoms. The molecule has 0 aliphatic carbocycles. The van der Waals surface area contributed by atoms with Gasteiger partial charge in [0.05, 0.1) is 17.2 Å². The van der Waals surface area contributed by atoms with Crippen molar-refractivity contribution in [2.45, 2.75) is 6.54 Å². The van der Waals surface area contributed by atoms with E-state index >= 15 is 0 Å². The Morgan fingerprint density at radius 2 is 2.25 bits per heavy atom. The fourth-order valence-electron chi connectivity index (χ4n) is 1.63. The number of aryl methyl sites for hydroxylation is 1. The van der Waals surface area contributed by atoms with Crippen LogP contribution in [-0.2, 0) is 13.6 Å². The normalized spacial score (nSPS) is 10.3. The van der Waals surface area contributed by atoms with Gasteiger partial charge in [0.25, 0.3) is 5.91 Å². The fourth-order valence-corrected chi connectivity index (χ4v) is 1.63. The van der Waals surface area contributed by atoms with Gasteiger partial charge in [0.2, 0.25) is 5.82 Å². The quantitative estimate of drug-likeness (QED) is 0.676. The summed E-state index contributed by atoms with van der Waals surface area (Å²) in [6, 6.07) is 4.74. The molecule has 0 unspecified atom stereocenters. The number of carbonyl (C=O) groups excluding carboxylic acids is 1. The third kappa shape index (κ3) is 2.97. The largest absolute Gasteiger partial charge is 0.346 e. The Hall–Kier alpha value is -2.77. The van der Waals surface area contributed by atoms with Gasteiger partial charge in [0.15, 0.2) is 0 Å². The second kappa shape index (κ2) is 5.47. The van der Waals surface area contributed by atoms with Crippen LogP contribution in [0, 0.1) is 15.9 Å². The number of nitrogens with one attached hydrogen (secondary N) is 1. The highest BCUT2D eigenvalue weighted by atomic mass is 19.1. The van der Waals surface area contributed by atoms with Crippen LogP contribution in [0.2, 0.25) is 0 Å². The average molecular weight is 278 g/mol. The summed E-state index contributed by atoms with van der Waals surface area (Å²) >= 11 is 0. The van der Waals surface area contributed by atoms with Crippen LogP contribution in [-0.4, -0.2) is 20.6 Å². The summed E-state index contributed by atoms with van der Waals surface area (Å²) in [4.78, 5) is 21.4. The fraction of sp³-hybridized carbons (Fsp3) is 0.167. The van der Waals surface area contributed by atoms with E-state index in [9.17, 15) is 19.3 Å². The monoisotopic (exact) mass is 278 g/mol. The number of nitro benzene ring substituents is 1. The van der Waals surface area contributed by atoms with Crippen LogP contribution in [0.25, 0.3) is 0 Å². The highest BCUT2D eigenvalue weighted by molar-refractivity contribution is 5.94. The van der Waals surface area contributed by atoms with Crippen molar-refractivity contribution in [2.75, 3.05) is 0 Å². The Kier molecular flexibility index (Phi) is 3.74. The molecule has 0 radical (unpaired) electrons. The first-order valence-corrected chi connectivity index (χ1v) is 5.68. The Bertz CT molecular complexity index is 668. The third-order valence-corrected chi connectivity index (χ3v) is 2.61. The van der Waals surface area contributed by atoms with E-state index in [-0.39, 0.29) is 12.1 Å². The van der Waals surface area contributed by atoms with Crippen molar-refractivity contribution in [3.05, 3.63) is 57.7 Å². The molecule has 0 atom stereocenters. The molecule has 104 valence electrons. The molecular formula is C12H11FN4O3. The van der Waals surface area contributed by atoms with E-state index in [4.69, 9.17) is 0 Å². The van der Waals surface area contributed by atoms with E-state index < -0.39 is 22.3 Å². The lowest BCUT2D eigenvalue weighted by atomic mass is 10.2. The van der Waals surface area contributed by atoms with E-state index in [0.29, 0.717) is 5.69 Å². The van der Waals surface area contributed by atoms with Crippen molar-refractivity contribution in [3.8, 4) is 0 Å². The lowest BCUT2D eigenvalue weighted by Gasteiger charge is -2.03. The Balaban J connectivity index is 2.06. The Labute approximate surface area is 113 Å². The predicted molar refractivity (Wildman–Crippen MR) is 67.4 cm³/mol. The Morgan fingerprint density at radius 3 is 2.80 bits per heavy atom. The molecule has 0 saturated heterocycles. The summed E-state index contributed by atoms with van der Waals surface area (Å²) in [7, 11) is 1.75.